The fourth-order valence-corrected chi connectivity index (χ4v) is 2.91. The zero-order valence-electron chi connectivity index (χ0n) is 9.63. The summed E-state index contributed by atoms with van der Waals surface area (Å²) in [5.41, 5.74) is 0.360. The van der Waals surface area contributed by atoms with Gasteiger partial charge in [0.05, 0.1) is 0 Å². The lowest BCUT2D eigenvalue weighted by molar-refractivity contribution is -0.0511. The van der Waals surface area contributed by atoms with Gasteiger partial charge in [0.25, 0.3) is 0 Å². The molecule has 2 aliphatic carbocycles. The van der Waals surface area contributed by atoms with Crippen LogP contribution < -0.4 is 10.6 Å². The second kappa shape index (κ2) is 3.91. The largest absolute Gasteiger partial charge is 0.381 e. The van der Waals surface area contributed by atoms with Crippen molar-refractivity contribution in [2.24, 2.45) is 5.41 Å². The number of nitrogens with one attached hydrogen (secondary N) is 2. The molecule has 1 aliphatic heterocycles. The molecule has 1 atom stereocenters. The van der Waals surface area contributed by atoms with E-state index >= 15 is 0 Å². The number of hydrogen-bond donors (Lipinski definition) is 2. The van der Waals surface area contributed by atoms with Gasteiger partial charge < -0.3 is 15.4 Å². The van der Waals surface area contributed by atoms with Crippen molar-refractivity contribution in [1.29, 1.82) is 0 Å². The Hall–Kier alpha value is -0.770. The molecule has 4 nitrogen and oxygen atoms in total. The highest BCUT2D eigenvalue weighted by molar-refractivity contribution is 5.75. The molecule has 16 heavy (non-hydrogen) atoms. The fourth-order valence-electron chi connectivity index (χ4n) is 2.91. The third kappa shape index (κ3) is 1.90. The van der Waals surface area contributed by atoms with Crippen LogP contribution in [0.5, 0.6) is 0 Å². The van der Waals surface area contributed by atoms with Crippen LogP contribution in [0.3, 0.4) is 0 Å². The predicted molar refractivity (Wildman–Crippen MR) is 60.2 cm³/mol. The summed E-state index contributed by atoms with van der Waals surface area (Å²) in [6, 6.07) is 0.874. The smallest absolute Gasteiger partial charge is 0.315 e. The Morgan fingerprint density at radius 1 is 1.06 bits per heavy atom. The van der Waals surface area contributed by atoms with Gasteiger partial charge >= 0.3 is 6.03 Å². The zero-order valence-corrected chi connectivity index (χ0v) is 9.63. The van der Waals surface area contributed by atoms with Crippen LogP contribution >= 0.6 is 0 Å². The van der Waals surface area contributed by atoms with E-state index in [1.165, 1.54) is 6.42 Å². The van der Waals surface area contributed by atoms with Gasteiger partial charge in [0.15, 0.2) is 0 Å². The molecule has 0 aromatic rings. The average molecular weight is 224 g/mol. The Morgan fingerprint density at radius 3 is 2.38 bits per heavy atom. The van der Waals surface area contributed by atoms with E-state index < -0.39 is 0 Å². The molecule has 4 heteroatoms. The first-order chi connectivity index (χ1) is 7.78. The quantitative estimate of drug-likeness (QED) is 0.745. The van der Waals surface area contributed by atoms with Crippen molar-refractivity contribution in [2.75, 3.05) is 13.2 Å². The third-order valence-electron chi connectivity index (χ3n) is 4.38. The molecule has 3 aliphatic rings. The Balaban J connectivity index is 1.52. The van der Waals surface area contributed by atoms with E-state index in [0.29, 0.717) is 17.5 Å². The molecule has 0 bridgehead atoms. The zero-order chi connectivity index (χ0) is 11.0. The Bertz CT molecular complexity index is 283. The summed E-state index contributed by atoms with van der Waals surface area (Å²) < 4.78 is 5.40. The fraction of sp³-hybridized carbons (Fsp3) is 0.917. The van der Waals surface area contributed by atoms with Gasteiger partial charge in [-0.1, -0.05) is 0 Å². The van der Waals surface area contributed by atoms with Crippen molar-refractivity contribution in [1.82, 2.24) is 10.6 Å². The lowest BCUT2D eigenvalue weighted by Crippen LogP contribution is -2.59. The predicted octanol–water partition coefficient (Wildman–Crippen LogP) is 1.41. The van der Waals surface area contributed by atoms with Crippen molar-refractivity contribution < 1.29 is 9.53 Å². The molecule has 1 heterocycles. The standard InChI is InChI=1S/C12H20N2O2/c15-11(13-9-1-2-9)14-10-3-4-12(10)5-7-16-8-6-12/h9-10H,1-8H2,(H2,13,14,15). The van der Waals surface area contributed by atoms with Crippen LogP contribution in [0.1, 0.15) is 38.5 Å². The van der Waals surface area contributed by atoms with Gasteiger partial charge in [0.1, 0.15) is 0 Å². The lowest BCUT2D eigenvalue weighted by atomic mass is 9.60. The minimum Gasteiger partial charge on any atom is -0.381 e. The first kappa shape index (κ1) is 10.4. The number of urea groups is 1. The molecular formula is C12H20N2O2. The van der Waals surface area contributed by atoms with Crippen LogP contribution in [0, 0.1) is 5.41 Å². The van der Waals surface area contributed by atoms with E-state index in [1.54, 1.807) is 0 Å². The second-order valence-electron chi connectivity index (χ2n) is 5.46. The molecule has 3 rings (SSSR count). The minimum absolute atomic E-state index is 0.0399. The molecule has 2 N–H and O–H groups in total. The topological polar surface area (TPSA) is 50.4 Å². The highest BCUT2D eigenvalue weighted by Crippen LogP contribution is 2.48. The van der Waals surface area contributed by atoms with E-state index in [4.69, 9.17) is 4.74 Å². The van der Waals surface area contributed by atoms with Gasteiger partial charge in [-0.3, -0.25) is 0 Å². The third-order valence-corrected chi connectivity index (χ3v) is 4.38. The normalized spacial score (nSPS) is 31.9. The number of carbonyl (C=O) groups excluding carboxylic acids is 1. The molecule has 1 saturated heterocycles. The number of rotatable bonds is 2. The van der Waals surface area contributed by atoms with Crippen molar-refractivity contribution in [2.45, 2.75) is 50.6 Å². The van der Waals surface area contributed by atoms with Crippen molar-refractivity contribution in [3.8, 4) is 0 Å². The van der Waals surface area contributed by atoms with E-state index in [0.717, 1.165) is 45.3 Å². The summed E-state index contributed by atoms with van der Waals surface area (Å²) in [7, 11) is 0. The molecule has 0 radical (unpaired) electrons. The number of amides is 2. The van der Waals surface area contributed by atoms with Crippen LogP contribution in [0.4, 0.5) is 4.79 Å². The van der Waals surface area contributed by atoms with Crippen molar-refractivity contribution in [3.63, 3.8) is 0 Å². The van der Waals surface area contributed by atoms with E-state index in [2.05, 4.69) is 10.6 Å². The summed E-state index contributed by atoms with van der Waals surface area (Å²) in [5.74, 6) is 0. The summed E-state index contributed by atoms with van der Waals surface area (Å²) in [6.45, 7) is 1.73. The van der Waals surface area contributed by atoms with Crippen molar-refractivity contribution >= 4 is 6.03 Å². The van der Waals surface area contributed by atoms with Crippen LogP contribution in [0.15, 0.2) is 0 Å². The summed E-state index contributed by atoms with van der Waals surface area (Å²) in [5, 5.41) is 6.14. The van der Waals surface area contributed by atoms with Crippen molar-refractivity contribution in [3.05, 3.63) is 0 Å². The Labute approximate surface area is 96.1 Å². The van der Waals surface area contributed by atoms with E-state index in [9.17, 15) is 4.79 Å². The highest BCUT2D eigenvalue weighted by Gasteiger charge is 2.48. The van der Waals surface area contributed by atoms with Crippen LogP contribution in [0.25, 0.3) is 0 Å². The van der Waals surface area contributed by atoms with Crippen LogP contribution in [-0.4, -0.2) is 31.3 Å². The summed E-state index contributed by atoms with van der Waals surface area (Å²) in [6.07, 6.45) is 6.92. The molecule has 90 valence electrons. The molecule has 2 saturated carbocycles. The van der Waals surface area contributed by atoms with Crippen LogP contribution in [-0.2, 0) is 4.74 Å². The maximum absolute atomic E-state index is 11.7. The van der Waals surface area contributed by atoms with Gasteiger partial charge in [-0.05, 0) is 43.9 Å². The maximum Gasteiger partial charge on any atom is 0.315 e. The molecule has 3 fully saturated rings. The number of ether oxygens (including phenoxy) is 1. The minimum atomic E-state index is 0.0399. The van der Waals surface area contributed by atoms with Gasteiger partial charge in [-0.15, -0.1) is 0 Å². The van der Waals surface area contributed by atoms with Gasteiger partial charge in [0, 0.05) is 25.3 Å². The number of carbonyl (C=O) groups is 1. The second-order valence-corrected chi connectivity index (χ2v) is 5.46. The molecule has 0 aromatic heterocycles. The Morgan fingerprint density at radius 2 is 1.81 bits per heavy atom. The highest BCUT2D eigenvalue weighted by atomic mass is 16.5. The maximum atomic E-state index is 11.7. The van der Waals surface area contributed by atoms with Gasteiger partial charge in [-0.25, -0.2) is 4.79 Å². The average Bonchev–Trinajstić information content (AvgIpc) is 3.10. The molecule has 1 spiro atoms. The Kier molecular flexibility index (Phi) is 2.54. The van der Waals surface area contributed by atoms with E-state index in [-0.39, 0.29) is 6.03 Å². The van der Waals surface area contributed by atoms with Crippen LogP contribution in [0.2, 0.25) is 0 Å². The summed E-state index contributed by atoms with van der Waals surface area (Å²) >= 11 is 0. The van der Waals surface area contributed by atoms with Gasteiger partial charge in [0.2, 0.25) is 0 Å². The first-order valence-corrected chi connectivity index (χ1v) is 6.43. The number of hydrogen-bond acceptors (Lipinski definition) is 2. The molecule has 2 amide bonds. The molecular weight excluding hydrogens is 204 g/mol. The monoisotopic (exact) mass is 224 g/mol. The lowest BCUT2D eigenvalue weighted by Gasteiger charge is -2.51. The molecule has 0 aromatic carbocycles. The SMILES string of the molecule is O=C(NC1CC1)NC1CCC12CCOCC2. The van der Waals surface area contributed by atoms with E-state index in [1.807, 2.05) is 0 Å². The van der Waals surface area contributed by atoms with Gasteiger partial charge in [-0.2, -0.15) is 0 Å². The summed E-state index contributed by atoms with van der Waals surface area (Å²) in [4.78, 5) is 11.7. The first-order valence-electron chi connectivity index (χ1n) is 6.43. The molecule has 1 unspecified atom stereocenters.